The highest BCUT2D eigenvalue weighted by atomic mass is 32.1. The van der Waals surface area contributed by atoms with Gasteiger partial charge in [0.25, 0.3) is 5.91 Å². The summed E-state index contributed by atoms with van der Waals surface area (Å²) in [4.78, 5) is 11.7. The second-order valence-electron chi connectivity index (χ2n) is 3.56. The lowest BCUT2D eigenvalue weighted by atomic mass is 10.3. The molecular weight excluding hydrogens is 242 g/mol. The number of hydrogen-bond donors (Lipinski definition) is 3. The predicted molar refractivity (Wildman–Crippen MR) is 65.9 cm³/mol. The number of hydrazine groups is 1. The smallest absolute Gasteiger partial charge is 0.257 e. The standard InChI is InChI=1S/C9H15N5O2S/c1-11-8(15)6-7(10)13-17-9(6)12-14-2-4-16-5-3-14/h12H,2-5H2,1H3,(H2,10,13)(H,11,15). The topological polar surface area (TPSA) is 92.5 Å². The summed E-state index contributed by atoms with van der Waals surface area (Å²) in [5, 5.41) is 5.21. The molecule has 1 aromatic rings. The Balaban J connectivity index is 2.12. The number of rotatable bonds is 3. The fourth-order valence-corrected chi connectivity index (χ4v) is 2.28. The molecule has 8 heteroatoms. The van der Waals surface area contributed by atoms with E-state index in [2.05, 4.69) is 15.1 Å². The maximum Gasteiger partial charge on any atom is 0.257 e. The van der Waals surface area contributed by atoms with Crippen molar-refractivity contribution < 1.29 is 9.53 Å². The van der Waals surface area contributed by atoms with Gasteiger partial charge in [0.05, 0.1) is 13.2 Å². The van der Waals surface area contributed by atoms with E-state index in [1.807, 2.05) is 5.01 Å². The Hall–Kier alpha value is -1.38. The number of carbonyl (C=O) groups excluding carboxylic acids is 1. The highest BCUT2D eigenvalue weighted by molar-refractivity contribution is 7.11. The minimum absolute atomic E-state index is 0.230. The van der Waals surface area contributed by atoms with E-state index in [0.717, 1.165) is 13.1 Å². The molecule has 17 heavy (non-hydrogen) atoms. The van der Waals surface area contributed by atoms with Crippen LogP contribution < -0.4 is 16.5 Å². The van der Waals surface area contributed by atoms with E-state index in [1.54, 1.807) is 7.05 Å². The summed E-state index contributed by atoms with van der Waals surface area (Å²) in [6.45, 7) is 2.89. The number of nitrogens with one attached hydrogen (secondary N) is 2. The van der Waals surface area contributed by atoms with Crippen molar-refractivity contribution in [1.82, 2.24) is 14.7 Å². The van der Waals surface area contributed by atoms with Gasteiger partial charge in [0.2, 0.25) is 0 Å². The first-order valence-corrected chi connectivity index (χ1v) is 6.06. The third-order valence-electron chi connectivity index (χ3n) is 2.44. The van der Waals surface area contributed by atoms with E-state index in [1.165, 1.54) is 11.5 Å². The molecule has 0 aliphatic carbocycles. The highest BCUT2D eigenvalue weighted by Crippen LogP contribution is 2.27. The molecule has 0 unspecified atom stereocenters. The zero-order valence-electron chi connectivity index (χ0n) is 9.52. The van der Waals surface area contributed by atoms with Crippen LogP contribution in [0.25, 0.3) is 0 Å². The number of nitrogens with two attached hydrogens (primary N) is 1. The molecule has 0 saturated carbocycles. The molecule has 2 rings (SSSR count). The summed E-state index contributed by atoms with van der Waals surface area (Å²) >= 11 is 1.18. The van der Waals surface area contributed by atoms with Crippen molar-refractivity contribution in [3.05, 3.63) is 5.56 Å². The van der Waals surface area contributed by atoms with E-state index in [4.69, 9.17) is 10.5 Å². The lowest BCUT2D eigenvalue weighted by Gasteiger charge is -2.27. The van der Waals surface area contributed by atoms with Crippen molar-refractivity contribution in [2.24, 2.45) is 0 Å². The largest absolute Gasteiger partial charge is 0.382 e. The van der Waals surface area contributed by atoms with E-state index >= 15 is 0 Å². The van der Waals surface area contributed by atoms with Crippen molar-refractivity contribution >= 4 is 28.3 Å². The summed E-state index contributed by atoms with van der Waals surface area (Å²) in [5.74, 6) is 0.0251. The third kappa shape index (κ3) is 2.65. The summed E-state index contributed by atoms with van der Waals surface area (Å²) in [5.41, 5.74) is 9.24. The van der Waals surface area contributed by atoms with Gasteiger partial charge in [-0.1, -0.05) is 0 Å². The lowest BCUT2D eigenvalue weighted by molar-refractivity contribution is 0.0498. The molecule has 1 aromatic heterocycles. The van der Waals surface area contributed by atoms with Gasteiger partial charge in [0.15, 0.2) is 5.82 Å². The van der Waals surface area contributed by atoms with Crippen LogP contribution in [0.5, 0.6) is 0 Å². The SMILES string of the molecule is CNC(=O)c1c(N)nsc1NN1CCOCC1. The summed E-state index contributed by atoms with van der Waals surface area (Å²) in [6.07, 6.45) is 0. The number of aromatic nitrogens is 1. The molecule has 0 atom stereocenters. The fourth-order valence-electron chi connectivity index (χ4n) is 1.54. The molecule has 0 spiro atoms. The second kappa shape index (κ2) is 5.30. The Bertz CT molecular complexity index is 402. The van der Waals surface area contributed by atoms with Crippen molar-refractivity contribution in [3.8, 4) is 0 Å². The van der Waals surface area contributed by atoms with E-state index in [0.29, 0.717) is 23.8 Å². The van der Waals surface area contributed by atoms with Gasteiger partial charge < -0.3 is 21.2 Å². The fraction of sp³-hybridized carbons (Fsp3) is 0.556. The number of nitrogens with zero attached hydrogens (tertiary/aromatic N) is 2. The Labute approximate surface area is 103 Å². The van der Waals surface area contributed by atoms with Gasteiger partial charge in [-0.05, 0) is 11.5 Å². The van der Waals surface area contributed by atoms with Crippen LogP contribution in [-0.2, 0) is 4.74 Å². The molecule has 1 aliphatic rings. The summed E-state index contributed by atoms with van der Waals surface area (Å²) in [7, 11) is 1.57. The van der Waals surface area contributed by atoms with Crippen LogP contribution in [0.4, 0.5) is 10.8 Å². The number of anilines is 2. The molecule has 7 nitrogen and oxygen atoms in total. The zero-order valence-corrected chi connectivity index (χ0v) is 10.3. The zero-order chi connectivity index (χ0) is 12.3. The van der Waals surface area contributed by atoms with E-state index in [-0.39, 0.29) is 11.7 Å². The first-order valence-electron chi connectivity index (χ1n) is 5.29. The molecule has 0 bridgehead atoms. The quantitative estimate of drug-likeness (QED) is 0.691. The number of hydrogen-bond acceptors (Lipinski definition) is 7. The van der Waals surface area contributed by atoms with Gasteiger partial charge in [-0.3, -0.25) is 4.79 Å². The predicted octanol–water partition coefficient (Wildman–Crippen LogP) is -0.256. The number of amides is 1. The number of morpholine rings is 1. The minimum Gasteiger partial charge on any atom is -0.382 e. The van der Waals surface area contributed by atoms with E-state index in [9.17, 15) is 4.79 Å². The number of ether oxygens (including phenoxy) is 1. The molecular formula is C9H15N5O2S. The summed E-state index contributed by atoms with van der Waals surface area (Å²) < 4.78 is 9.23. The van der Waals surface area contributed by atoms with Gasteiger partial charge in [-0.25, -0.2) is 5.01 Å². The van der Waals surface area contributed by atoms with E-state index < -0.39 is 0 Å². The average molecular weight is 257 g/mol. The first-order chi connectivity index (χ1) is 8.22. The second-order valence-corrected chi connectivity index (χ2v) is 4.34. The van der Waals surface area contributed by atoms with Crippen molar-refractivity contribution in [2.45, 2.75) is 0 Å². The molecule has 4 N–H and O–H groups in total. The average Bonchev–Trinajstić information content (AvgIpc) is 2.71. The normalized spacial score (nSPS) is 16.8. The van der Waals surface area contributed by atoms with Crippen molar-refractivity contribution in [1.29, 1.82) is 0 Å². The Morgan fingerprint density at radius 2 is 2.24 bits per heavy atom. The summed E-state index contributed by atoms with van der Waals surface area (Å²) in [6, 6.07) is 0. The van der Waals surface area contributed by atoms with Crippen LogP contribution in [0.1, 0.15) is 10.4 Å². The van der Waals surface area contributed by atoms with Crippen LogP contribution in [0.3, 0.4) is 0 Å². The Morgan fingerprint density at radius 3 is 2.88 bits per heavy atom. The monoisotopic (exact) mass is 257 g/mol. The van der Waals surface area contributed by atoms with Gasteiger partial charge in [-0.2, -0.15) is 4.37 Å². The Morgan fingerprint density at radius 1 is 1.53 bits per heavy atom. The molecule has 1 amide bonds. The molecule has 94 valence electrons. The first kappa shape index (κ1) is 12.1. The maximum atomic E-state index is 11.7. The van der Waals surface area contributed by atoms with Gasteiger partial charge in [0.1, 0.15) is 10.6 Å². The van der Waals surface area contributed by atoms with Gasteiger partial charge in [0, 0.05) is 20.1 Å². The van der Waals surface area contributed by atoms with Crippen LogP contribution in [0, 0.1) is 0 Å². The third-order valence-corrected chi connectivity index (χ3v) is 3.21. The van der Waals surface area contributed by atoms with Crippen molar-refractivity contribution in [3.63, 3.8) is 0 Å². The van der Waals surface area contributed by atoms with Crippen LogP contribution >= 0.6 is 11.5 Å². The maximum absolute atomic E-state index is 11.7. The Kier molecular flexibility index (Phi) is 3.77. The van der Waals surface area contributed by atoms with Gasteiger partial charge in [-0.15, -0.1) is 0 Å². The molecule has 1 aliphatic heterocycles. The molecule has 1 fully saturated rings. The molecule has 0 radical (unpaired) electrons. The highest BCUT2D eigenvalue weighted by Gasteiger charge is 2.20. The molecule has 1 saturated heterocycles. The van der Waals surface area contributed by atoms with Crippen LogP contribution in [0.2, 0.25) is 0 Å². The number of carbonyl (C=O) groups is 1. The minimum atomic E-state index is -0.230. The number of nitrogen functional groups attached to an aromatic ring is 1. The van der Waals surface area contributed by atoms with Crippen LogP contribution in [0.15, 0.2) is 0 Å². The van der Waals surface area contributed by atoms with Gasteiger partial charge >= 0.3 is 0 Å². The van der Waals surface area contributed by atoms with Crippen LogP contribution in [-0.4, -0.2) is 48.6 Å². The van der Waals surface area contributed by atoms with Crippen molar-refractivity contribution in [2.75, 3.05) is 44.5 Å². The molecule has 2 heterocycles. The molecule has 0 aromatic carbocycles. The lowest BCUT2D eigenvalue weighted by Crippen LogP contribution is -2.40.